The molecule has 5 fully saturated rings. The molecule has 14 heteroatoms. The second-order valence-electron chi connectivity index (χ2n) is 11.1. The molecule has 39 heavy (non-hydrogen) atoms. The van der Waals surface area contributed by atoms with Gasteiger partial charge in [0.2, 0.25) is 17.7 Å². The Kier molecular flexibility index (Phi) is 8.37. The van der Waals surface area contributed by atoms with Gasteiger partial charge in [-0.3, -0.25) is 19.2 Å². The maximum atomic E-state index is 15.0. The van der Waals surface area contributed by atoms with Crippen LogP contribution < -0.4 is 16.0 Å². The van der Waals surface area contributed by atoms with Crippen molar-refractivity contribution in [2.24, 2.45) is 17.8 Å². The fraction of sp³-hybridized carbons (Fsp3) is 0.800. The van der Waals surface area contributed by atoms with Crippen molar-refractivity contribution in [3.63, 3.8) is 0 Å². The topological polar surface area (TPSA) is 131 Å². The van der Waals surface area contributed by atoms with E-state index in [2.05, 4.69) is 10.6 Å². The fourth-order valence-electron chi connectivity index (χ4n) is 6.27. The van der Waals surface area contributed by atoms with Crippen molar-refractivity contribution < 1.29 is 41.1 Å². The van der Waals surface area contributed by atoms with Gasteiger partial charge in [0.05, 0.1) is 12.0 Å². The molecule has 5 rings (SSSR count). The zero-order chi connectivity index (χ0) is 28.5. The van der Waals surface area contributed by atoms with Gasteiger partial charge in [0.25, 0.3) is 5.92 Å². The SMILES string of the molecule is N#C[C@@H](C[C@@H]1CCCNC1=O)NC(=O)[C@@H]1[C@H]2CC[C@H](CC2(F)F)N1C(=O)[C@@H](CC1CCC1)NC(=O)C(F)(F)F. The summed E-state index contributed by atoms with van der Waals surface area (Å²) in [5.41, 5.74) is 0. The first-order valence-corrected chi connectivity index (χ1v) is 13.4. The largest absolute Gasteiger partial charge is 0.471 e. The third kappa shape index (κ3) is 6.27. The highest BCUT2D eigenvalue weighted by atomic mass is 19.4. The Morgan fingerprint density at radius 2 is 1.79 bits per heavy atom. The van der Waals surface area contributed by atoms with Crippen molar-refractivity contribution in [2.45, 2.75) is 100 Å². The molecule has 0 unspecified atom stereocenters. The van der Waals surface area contributed by atoms with E-state index in [0.29, 0.717) is 32.2 Å². The first-order chi connectivity index (χ1) is 18.3. The third-order valence-corrected chi connectivity index (χ3v) is 8.51. The normalized spacial score (nSPS) is 29.8. The highest BCUT2D eigenvalue weighted by molar-refractivity contribution is 5.94. The summed E-state index contributed by atoms with van der Waals surface area (Å²) < 4.78 is 69.1. The van der Waals surface area contributed by atoms with Gasteiger partial charge in [0, 0.05) is 24.9 Å². The molecule has 2 bridgehead atoms. The van der Waals surface area contributed by atoms with Crippen molar-refractivity contribution in [2.75, 3.05) is 6.54 Å². The molecule has 9 nitrogen and oxygen atoms in total. The molecule has 0 aromatic rings. The number of alkyl halides is 5. The summed E-state index contributed by atoms with van der Waals surface area (Å²) >= 11 is 0. The van der Waals surface area contributed by atoms with E-state index in [4.69, 9.17) is 0 Å². The second kappa shape index (κ2) is 11.3. The molecule has 3 saturated heterocycles. The number of rotatable bonds is 8. The summed E-state index contributed by atoms with van der Waals surface area (Å²) in [4.78, 5) is 51.9. The van der Waals surface area contributed by atoms with Crippen LogP contribution in [0.2, 0.25) is 0 Å². The zero-order valence-corrected chi connectivity index (χ0v) is 21.2. The minimum absolute atomic E-state index is 0.0504. The molecule has 0 spiro atoms. The van der Waals surface area contributed by atoms with Gasteiger partial charge in [-0.15, -0.1) is 0 Å². The third-order valence-electron chi connectivity index (χ3n) is 8.51. The summed E-state index contributed by atoms with van der Waals surface area (Å²) in [7, 11) is 0. The molecule has 6 atom stereocenters. The molecule has 216 valence electrons. The van der Waals surface area contributed by atoms with Crippen LogP contribution in [0.5, 0.6) is 0 Å². The number of nitriles is 1. The maximum Gasteiger partial charge on any atom is 0.471 e. The molecular weight excluding hydrogens is 529 g/mol. The van der Waals surface area contributed by atoms with Crippen LogP contribution in [0.3, 0.4) is 0 Å². The first kappa shape index (κ1) is 29.0. The molecule has 2 saturated carbocycles. The number of hydrogen-bond acceptors (Lipinski definition) is 5. The molecule has 0 radical (unpaired) electrons. The van der Waals surface area contributed by atoms with E-state index < -0.39 is 72.2 Å². The Morgan fingerprint density at radius 3 is 2.36 bits per heavy atom. The highest BCUT2D eigenvalue weighted by Crippen LogP contribution is 2.49. The van der Waals surface area contributed by atoms with Gasteiger partial charge in [0.1, 0.15) is 18.1 Å². The molecular formula is C25H32F5N5O4. The van der Waals surface area contributed by atoms with Crippen molar-refractivity contribution >= 4 is 23.6 Å². The van der Waals surface area contributed by atoms with E-state index in [1.54, 1.807) is 5.32 Å². The maximum absolute atomic E-state index is 15.0. The molecule has 3 heterocycles. The van der Waals surface area contributed by atoms with Gasteiger partial charge in [-0.25, -0.2) is 8.78 Å². The van der Waals surface area contributed by atoms with Crippen molar-refractivity contribution in [3.05, 3.63) is 0 Å². The Morgan fingerprint density at radius 1 is 1.08 bits per heavy atom. The Hall–Kier alpha value is -2.98. The lowest BCUT2D eigenvalue weighted by Gasteiger charge is -2.54. The second-order valence-corrected chi connectivity index (χ2v) is 11.1. The van der Waals surface area contributed by atoms with E-state index in [9.17, 15) is 46.4 Å². The van der Waals surface area contributed by atoms with Gasteiger partial charge < -0.3 is 20.9 Å². The van der Waals surface area contributed by atoms with Crippen LogP contribution in [0.4, 0.5) is 22.0 Å². The summed E-state index contributed by atoms with van der Waals surface area (Å²) in [5, 5.41) is 16.4. The monoisotopic (exact) mass is 561 g/mol. The van der Waals surface area contributed by atoms with Crippen LogP contribution in [-0.4, -0.2) is 71.3 Å². The summed E-state index contributed by atoms with van der Waals surface area (Å²) in [6.45, 7) is 0.489. The van der Waals surface area contributed by atoms with Crippen molar-refractivity contribution in [1.82, 2.24) is 20.9 Å². The van der Waals surface area contributed by atoms with E-state index >= 15 is 0 Å². The summed E-state index contributed by atoms with van der Waals surface area (Å²) in [6.07, 6.45) is -2.84. The van der Waals surface area contributed by atoms with E-state index in [0.717, 1.165) is 11.3 Å². The molecule has 4 amide bonds. The van der Waals surface area contributed by atoms with Crippen LogP contribution in [0.15, 0.2) is 0 Å². The number of fused-ring (bicyclic) bond motifs is 3. The van der Waals surface area contributed by atoms with Gasteiger partial charge in [-0.05, 0) is 44.4 Å². The lowest BCUT2D eigenvalue weighted by Crippen LogP contribution is -2.71. The van der Waals surface area contributed by atoms with Crippen LogP contribution in [0.1, 0.15) is 64.2 Å². The number of nitrogens with one attached hydrogen (secondary N) is 3. The van der Waals surface area contributed by atoms with E-state index in [-0.39, 0.29) is 37.5 Å². The zero-order valence-electron chi connectivity index (χ0n) is 21.2. The van der Waals surface area contributed by atoms with Crippen LogP contribution in [0.25, 0.3) is 0 Å². The predicted octanol–water partition coefficient (Wildman–Crippen LogP) is 2.16. The molecule has 5 aliphatic rings. The van der Waals surface area contributed by atoms with Gasteiger partial charge in [0.15, 0.2) is 0 Å². The van der Waals surface area contributed by atoms with Gasteiger partial charge in [-0.2, -0.15) is 18.4 Å². The number of piperidine rings is 3. The average molecular weight is 562 g/mol. The van der Waals surface area contributed by atoms with Gasteiger partial charge >= 0.3 is 12.1 Å². The first-order valence-electron chi connectivity index (χ1n) is 13.4. The van der Waals surface area contributed by atoms with E-state index in [1.807, 2.05) is 6.07 Å². The fourth-order valence-corrected chi connectivity index (χ4v) is 6.27. The number of carbonyl (C=O) groups excluding carboxylic acids is 4. The molecule has 3 aliphatic heterocycles. The number of amides is 4. The lowest BCUT2D eigenvalue weighted by atomic mass is 9.71. The summed E-state index contributed by atoms with van der Waals surface area (Å²) in [5.74, 6) is -10.2. The minimum Gasteiger partial charge on any atom is -0.356 e. The smallest absolute Gasteiger partial charge is 0.356 e. The van der Waals surface area contributed by atoms with Crippen LogP contribution >= 0.6 is 0 Å². The predicted molar refractivity (Wildman–Crippen MR) is 125 cm³/mol. The van der Waals surface area contributed by atoms with Crippen LogP contribution in [0, 0.1) is 29.1 Å². The van der Waals surface area contributed by atoms with Crippen molar-refractivity contribution in [3.8, 4) is 6.07 Å². The number of hydrogen-bond donors (Lipinski definition) is 3. The van der Waals surface area contributed by atoms with E-state index in [1.165, 1.54) is 0 Å². The number of halogens is 5. The standard InChI is InChI=1S/C25H32F5N5O4/c26-24(27)11-16-6-7-17(24)19(21(37)33-15(12-31)10-14-5-2-8-32-20(14)36)35(16)22(38)18(9-13-3-1-4-13)34-23(39)25(28,29)30/h13-19H,1-11H2,(H,32,36)(H,33,37)(H,34,39)/t14-,15+,16+,17+,18+,19-/m0/s1. The Labute approximate surface area is 222 Å². The quantitative estimate of drug-likeness (QED) is 0.391. The molecule has 3 N–H and O–H groups in total. The summed E-state index contributed by atoms with van der Waals surface area (Å²) in [6, 6.07) is -3.82. The lowest BCUT2D eigenvalue weighted by molar-refractivity contribution is -0.196. The van der Waals surface area contributed by atoms with Crippen molar-refractivity contribution in [1.29, 1.82) is 5.26 Å². The highest BCUT2D eigenvalue weighted by Gasteiger charge is 2.61. The average Bonchev–Trinajstić information content (AvgIpc) is 2.84. The van der Waals surface area contributed by atoms with Crippen LogP contribution in [-0.2, 0) is 19.2 Å². The molecule has 0 aromatic heterocycles. The minimum atomic E-state index is -5.26. The number of nitrogens with zero attached hydrogens (tertiary/aromatic N) is 2. The number of carbonyl (C=O) groups is 4. The van der Waals surface area contributed by atoms with Gasteiger partial charge in [-0.1, -0.05) is 19.3 Å². The molecule has 2 aliphatic carbocycles. The Bertz CT molecular complexity index is 1030. The molecule has 0 aromatic carbocycles. The Balaban J connectivity index is 1.57.